The van der Waals surface area contributed by atoms with Crippen LogP contribution in [0.25, 0.3) is 0 Å². The van der Waals surface area contributed by atoms with Crippen molar-refractivity contribution in [2.45, 2.75) is 26.3 Å². The Morgan fingerprint density at radius 2 is 2.10 bits per heavy atom. The molecule has 5 heteroatoms. The van der Waals surface area contributed by atoms with Crippen LogP contribution in [-0.4, -0.2) is 36.2 Å². The lowest BCUT2D eigenvalue weighted by atomic mass is 9.80. The number of halogens is 1. The van der Waals surface area contributed by atoms with Crippen LogP contribution in [0.4, 0.5) is 0 Å². The summed E-state index contributed by atoms with van der Waals surface area (Å²) in [6, 6.07) is 6.06. The Labute approximate surface area is 127 Å². The number of rotatable bonds is 4. The van der Waals surface area contributed by atoms with E-state index in [1.165, 1.54) is 5.56 Å². The number of carbonyl (C=O) groups is 1. The van der Waals surface area contributed by atoms with Crippen LogP contribution < -0.4 is 4.74 Å². The van der Waals surface area contributed by atoms with Crippen LogP contribution in [0, 0.1) is 5.41 Å². The number of hydrogen-bond donors (Lipinski definition) is 1. The molecule has 0 spiro atoms. The van der Waals surface area contributed by atoms with E-state index in [-0.39, 0.29) is 0 Å². The predicted octanol–water partition coefficient (Wildman–Crippen LogP) is 3.14. The average molecular weight is 342 g/mol. The van der Waals surface area contributed by atoms with Crippen molar-refractivity contribution in [1.82, 2.24) is 4.90 Å². The molecule has 1 saturated heterocycles. The highest BCUT2D eigenvalue weighted by Gasteiger charge is 2.36. The van der Waals surface area contributed by atoms with E-state index in [0.29, 0.717) is 12.8 Å². The zero-order chi connectivity index (χ0) is 14.8. The van der Waals surface area contributed by atoms with Gasteiger partial charge in [-0.3, -0.25) is 9.69 Å². The molecule has 1 aliphatic heterocycles. The average Bonchev–Trinajstić information content (AvgIpc) is 2.42. The number of benzene rings is 1. The number of piperidine rings is 1. The zero-order valence-electron chi connectivity index (χ0n) is 11.9. The molecule has 0 radical (unpaired) electrons. The number of carboxylic acid groups (broad SMARTS) is 1. The third-order valence-electron chi connectivity index (χ3n) is 4.10. The van der Waals surface area contributed by atoms with Gasteiger partial charge in [0.15, 0.2) is 0 Å². The van der Waals surface area contributed by atoms with Gasteiger partial charge in [-0.2, -0.15) is 0 Å². The molecule has 0 saturated carbocycles. The Hall–Kier alpha value is -1.07. The fraction of sp³-hybridized carbons (Fsp3) is 0.533. The summed E-state index contributed by atoms with van der Waals surface area (Å²) in [5.41, 5.74) is 0.647. The molecule has 0 atom stereocenters. The van der Waals surface area contributed by atoms with E-state index in [1.54, 1.807) is 7.11 Å². The third-order valence-corrected chi connectivity index (χ3v) is 4.72. The number of carboxylic acids is 1. The van der Waals surface area contributed by atoms with Crippen molar-refractivity contribution in [2.75, 3.05) is 20.2 Å². The number of hydrogen-bond acceptors (Lipinski definition) is 3. The molecule has 1 N–H and O–H groups in total. The normalized spacial score (nSPS) is 18.8. The molecule has 1 aliphatic rings. The summed E-state index contributed by atoms with van der Waals surface area (Å²) in [7, 11) is 1.65. The molecule has 0 aromatic heterocycles. The quantitative estimate of drug-likeness (QED) is 0.913. The Balaban J connectivity index is 1.96. The summed E-state index contributed by atoms with van der Waals surface area (Å²) in [4.78, 5) is 13.5. The van der Waals surface area contributed by atoms with Gasteiger partial charge in [0, 0.05) is 6.54 Å². The fourth-order valence-electron chi connectivity index (χ4n) is 2.48. The summed E-state index contributed by atoms with van der Waals surface area (Å²) in [5, 5.41) is 9.23. The lowest BCUT2D eigenvalue weighted by Gasteiger charge is -2.36. The molecule has 4 nitrogen and oxygen atoms in total. The second kappa shape index (κ2) is 6.14. The molecule has 1 fully saturated rings. The molecular formula is C15H20BrNO3. The molecule has 110 valence electrons. The van der Waals surface area contributed by atoms with Crippen LogP contribution in [0.15, 0.2) is 22.7 Å². The van der Waals surface area contributed by atoms with Crippen LogP contribution in [-0.2, 0) is 11.3 Å². The highest BCUT2D eigenvalue weighted by atomic mass is 79.9. The number of aliphatic carboxylic acids is 1. The van der Waals surface area contributed by atoms with Crippen LogP contribution >= 0.6 is 15.9 Å². The van der Waals surface area contributed by atoms with Crippen LogP contribution in [0.2, 0.25) is 0 Å². The maximum Gasteiger partial charge on any atom is 0.309 e. The van der Waals surface area contributed by atoms with Gasteiger partial charge in [0.1, 0.15) is 5.75 Å². The van der Waals surface area contributed by atoms with E-state index >= 15 is 0 Å². The van der Waals surface area contributed by atoms with Gasteiger partial charge in [-0.15, -0.1) is 0 Å². The summed E-state index contributed by atoms with van der Waals surface area (Å²) in [5.74, 6) is 0.148. The first kappa shape index (κ1) is 15.3. The SMILES string of the molecule is COc1ccc(CN2CCC(C)(C(=O)O)CC2)cc1Br. The molecule has 1 aromatic rings. The summed E-state index contributed by atoms with van der Waals surface area (Å²) >= 11 is 3.49. The van der Waals surface area contributed by atoms with E-state index in [9.17, 15) is 9.90 Å². The Morgan fingerprint density at radius 1 is 1.45 bits per heavy atom. The summed E-state index contributed by atoms with van der Waals surface area (Å²) in [6.45, 7) is 4.34. The highest BCUT2D eigenvalue weighted by molar-refractivity contribution is 9.10. The number of methoxy groups -OCH3 is 1. The van der Waals surface area contributed by atoms with E-state index in [2.05, 4.69) is 33.0 Å². The van der Waals surface area contributed by atoms with Crippen molar-refractivity contribution < 1.29 is 14.6 Å². The van der Waals surface area contributed by atoms with E-state index in [4.69, 9.17) is 4.74 Å². The van der Waals surface area contributed by atoms with Crippen molar-refractivity contribution in [3.8, 4) is 5.75 Å². The van der Waals surface area contributed by atoms with Crippen LogP contribution in [0.3, 0.4) is 0 Å². The van der Waals surface area contributed by atoms with Crippen molar-refractivity contribution in [3.63, 3.8) is 0 Å². The molecular weight excluding hydrogens is 322 g/mol. The van der Waals surface area contributed by atoms with Gasteiger partial charge in [-0.1, -0.05) is 6.07 Å². The number of ether oxygens (including phenoxy) is 1. The van der Waals surface area contributed by atoms with Crippen molar-refractivity contribution in [3.05, 3.63) is 28.2 Å². The maximum absolute atomic E-state index is 11.2. The van der Waals surface area contributed by atoms with Gasteiger partial charge >= 0.3 is 5.97 Å². The molecule has 1 aromatic carbocycles. The molecule has 1 heterocycles. The predicted molar refractivity (Wildman–Crippen MR) is 80.9 cm³/mol. The molecule has 0 unspecified atom stereocenters. The summed E-state index contributed by atoms with van der Waals surface area (Å²) < 4.78 is 6.17. The Kier molecular flexibility index (Phi) is 4.70. The van der Waals surface area contributed by atoms with Gasteiger partial charge < -0.3 is 9.84 Å². The highest BCUT2D eigenvalue weighted by Crippen LogP contribution is 2.32. The molecule has 20 heavy (non-hydrogen) atoms. The van der Waals surface area contributed by atoms with Crippen LogP contribution in [0.5, 0.6) is 5.75 Å². The van der Waals surface area contributed by atoms with Gasteiger partial charge in [-0.25, -0.2) is 0 Å². The minimum Gasteiger partial charge on any atom is -0.496 e. The van der Waals surface area contributed by atoms with Gasteiger partial charge in [-0.05, 0) is 66.5 Å². The topological polar surface area (TPSA) is 49.8 Å². The fourth-order valence-corrected chi connectivity index (χ4v) is 3.07. The van der Waals surface area contributed by atoms with Crippen molar-refractivity contribution in [1.29, 1.82) is 0 Å². The molecule has 2 rings (SSSR count). The monoisotopic (exact) mass is 341 g/mol. The van der Waals surface area contributed by atoms with Gasteiger partial charge in [0.25, 0.3) is 0 Å². The second-order valence-corrected chi connectivity index (χ2v) is 6.47. The molecule has 0 aliphatic carbocycles. The van der Waals surface area contributed by atoms with E-state index in [0.717, 1.165) is 29.9 Å². The number of nitrogens with zero attached hydrogens (tertiary/aromatic N) is 1. The minimum absolute atomic E-state index is 0.559. The largest absolute Gasteiger partial charge is 0.496 e. The van der Waals surface area contributed by atoms with Crippen molar-refractivity contribution in [2.24, 2.45) is 5.41 Å². The number of likely N-dealkylation sites (tertiary alicyclic amines) is 1. The first-order valence-electron chi connectivity index (χ1n) is 6.73. The first-order valence-corrected chi connectivity index (χ1v) is 7.52. The lowest BCUT2D eigenvalue weighted by Crippen LogP contribution is -2.42. The zero-order valence-corrected chi connectivity index (χ0v) is 13.4. The molecule has 0 amide bonds. The van der Waals surface area contributed by atoms with E-state index < -0.39 is 11.4 Å². The first-order chi connectivity index (χ1) is 9.44. The second-order valence-electron chi connectivity index (χ2n) is 5.61. The smallest absolute Gasteiger partial charge is 0.309 e. The van der Waals surface area contributed by atoms with Crippen LogP contribution in [0.1, 0.15) is 25.3 Å². The Morgan fingerprint density at radius 3 is 2.60 bits per heavy atom. The lowest BCUT2D eigenvalue weighted by molar-refractivity contribution is -0.150. The summed E-state index contributed by atoms with van der Waals surface area (Å²) in [6.07, 6.45) is 1.42. The molecule has 0 bridgehead atoms. The van der Waals surface area contributed by atoms with Gasteiger partial charge in [0.2, 0.25) is 0 Å². The van der Waals surface area contributed by atoms with E-state index in [1.807, 2.05) is 13.0 Å². The third kappa shape index (κ3) is 3.33. The Bertz CT molecular complexity index is 496. The minimum atomic E-state index is -0.677. The van der Waals surface area contributed by atoms with Crippen molar-refractivity contribution >= 4 is 21.9 Å². The standard InChI is InChI=1S/C15H20BrNO3/c1-15(14(18)19)5-7-17(8-6-15)10-11-3-4-13(20-2)12(16)9-11/h3-4,9H,5-8,10H2,1-2H3,(H,18,19). The maximum atomic E-state index is 11.2. The van der Waals surface area contributed by atoms with Gasteiger partial charge in [0.05, 0.1) is 17.0 Å².